The lowest BCUT2D eigenvalue weighted by Crippen LogP contribution is -2.07. The molecule has 14 heavy (non-hydrogen) atoms. The lowest BCUT2D eigenvalue weighted by Gasteiger charge is -2.08. The Bertz CT molecular complexity index is 399. The Labute approximate surface area is 82.5 Å². The molecular weight excluding hydrogens is 178 g/mol. The van der Waals surface area contributed by atoms with Gasteiger partial charge in [0.1, 0.15) is 0 Å². The summed E-state index contributed by atoms with van der Waals surface area (Å²) >= 11 is 0. The van der Waals surface area contributed by atoms with Crippen LogP contribution in [-0.2, 0) is 6.42 Å². The normalized spacial score (nSPS) is 19.4. The molecule has 1 aromatic rings. The topological polar surface area (TPSA) is 63.3 Å². The van der Waals surface area contributed by atoms with E-state index in [2.05, 4.69) is 0 Å². The summed E-state index contributed by atoms with van der Waals surface area (Å²) in [4.78, 5) is 10.9. The van der Waals surface area contributed by atoms with E-state index >= 15 is 0 Å². The SMILES string of the molecule is Cc1cc2c(cc1C(=O)O)CC[C@@H]2N. The highest BCUT2D eigenvalue weighted by atomic mass is 16.4. The molecule has 2 rings (SSSR count). The molecule has 0 unspecified atom stereocenters. The number of hydrogen-bond acceptors (Lipinski definition) is 2. The molecule has 3 heteroatoms. The van der Waals surface area contributed by atoms with Crippen LogP contribution in [0.5, 0.6) is 0 Å². The first-order valence-electron chi connectivity index (χ1n) is 4.72. The summed E-state index contributed by atoms with van der Waals surface area (Å²) in [5.41, 5.74) is 9.31. The van der Waals surface area contributed by atoms with Crippen molar-refractivity contribution in [1.82, 2.24) is 0 Å². The molecule has 0 saturated carbocycles. The molecule has 0 fully saturated rings. The first kappa shape index (κ1) is 9.21. The van der Waals surface area contributed by atoms with Gasteiger partial charge in [-0.05, 0) is 42.5 Å². The minimum atomic E-state index is -0.856. The number of hydrogen-bond donors (Lipinski definition) is 2. The van der Waals surface area contributed by atoms with Crippen molar-refractivity contribution in [3.8, 4) is 0 Å². The first-order valence-corrected chi connectivity index (χ1v) is 4.72. The highest BCUT2D eigenvalue weighted by molar-refractivity contribution is 5.89. The molecule has 0 bridgehead atoms. The highest BCUT2D eigenvalue weighted by Gasteiger charge is 2.21. The molecule has 0 saturated heterocycles. The maximum absolute atomic E-state index is 10.9. The van der Waals surface area contributed by atoms with E-state index in [-0.39, 0.29) is 6.04 Å². The molecule has 0 amide bonds. The van der Waals surface area contributed by atoms with Crippen molar-refractivity contribution in [3.05, 3.63) is 34.4 Å². The van der Waals surface area contributed by atoms with Crippen LogP contribution in [0.2, 0.25) is 0 Å². The minimum Gasteiger partial charge on any atom is -0.478 e. The summed E-state index contributed by atoms with van der Waals surface area (Å²) in [6.45, 7) is 1.81. The van der Waals surface area contributed by atoms with Crippen LogP contribution in [0.25, 0.3) is 0 Å². The smallest absolute Gasteiger partial charge is 0.335 e. The highest BCUT2D eigenvalue weighted by Crippen LogP contribution is 2.31. The molecule has 1 aromatic carbocycles. The Morgan fingerprint density at radius 2 is 2.29 bits per heavy atom. The monoisotopic (exact) mass is 191 g/mol. The largest absolute Gasteiger partial charge is 0.478 e. The number of rotatable bonds is 1. The van der Waals surface area contributed by atoms with E-state index in [1.165, 1.54) is 0 Å². The van der Waals surface area contributed by atoms with Crippen LogP contribution in [0, 0.1) is 6.92 Å². The molecule has 1 atom stereocenters. The van der Waals surface area contributed by atoms with Crippen molar-refractivity contribution in [2.75, 3.05) is 0 Å². The second-order valence-electron chi connectivity index (χ2n) is 3.82. The summed E-state index contributed by atoms with van der Waals surface area (Å²) in [7, 11) is 0. The predicted octanol–water partition coefficient (Wildman–Crippen LogP) is 1.64. The molecule has 0 aromatic heterocycles. The lowest BCUT2D eigenvalue weighted by molar-refractivity contribution is 0.0696. The van der Waals surface area contributed by atoms with Gasteiger partial charge in [-0.25, -0.2) is 4.79 Å². The van der Waals surface area contributed by atoms with Gasteiger partial charge in [-0.1, -0.05) is 6.07 Å². The van der Waals surface area contributed by atoms with Gasteiger partial charge in [0, 0.05) is 6.04 Å². The fraction of sp³-hybridized carbons (Fsp3) is 0.364. The number of carbonyl (C=O) groups is 1. The molecule has 74 valence electrons. The Morgan fingerprint density at radius 1 is 1.57 bits per heavy atom. The molecule has 3 N–H and O–H groups in total. The molecule has 1 aliphatic carbocycles. The van der Waals surface area contributed by atoms with Crippen LogP contribution < -0.4 is 5.73 Å². The third-order valence-corrected chi connectivity index (χ3v) is 2.84. The fourth-order valence-electron chi connectivity index (χ4n) is 2.03. The van der Waals surface area contributed by atoms with Gasteiger partial charge in [0.25, 0.3) is 0 Å². The van der Waals surface area contributed by atoms with E-state index < -0.39 is 5.97 Å². The number of fused-ring (bicyclic) bond motifs is 1. The zero-order valence-corrected chi connectivity index (χ0v) is 8.08. The van der Waals surface area contributed by atoms with Crippen molar-refractivity contribution in [2.24, 2.45) is 5.73 Å². The average molecular weight is 191 g/mol. The van der Waals surface area contributed by atoms with Gasteiger partial charge in [-0.3, -0.25) is 0 Å². The summed E-state index contributed by atoms with van der Waals surface area (Å²) < 4.78 is 0. The van der Waals surface area contributed by atoms with E-state index in [9.17, 15) is 4.79 Å². The van der Waals surface area contributed by atoms with Crippen molar-refractivity contribution in [1.29, 1.82) is 0 Å². The first-order chi connectivity index (χ1) is 6.59. The number of benzene rings is 1. The summed E-state index contributed by atoms with van der Waals surface area (Å²) in [6.07, 6.45) is 1.83. The van der Waals surface area contributed by atoms with Gasteiger partial charge < -0.3 is 10.8 Å². The van der Waals surface area contributed by atoms with Crippen LogP contribution in [0.15, 0.2) is 12.1 Å². The molecule has 0 radical (unpaired) electrons. The second kappa shape index (κ2) is 3.10. The number of carboxylic acids is 1. The number of aryl methyl sites for hydroxylation is 2. The van der Waals surface area contributed by atoms with Crippen LogP contribution in [-0.4, -0.2) is 11.1 Å². The van der Waals surface area contributed by atoms with E-state index in [4.69, 9.17) is 10.8 Å². The zero-order valence-electron chi connectivity index (χ0n) is 8.08. The molecule has 0 spiro atoms. The third-order valence-electron chi connectivity index (χ3n) is 2.84. The van der Waals surface area contributed by atoms with Crippen molar-refractivity contribution in [2.45, 2.75) is 25.8 Å². The van der Waals surface area contributed by atoms with Crippen LogP contribution in [0.1, 0.15) is 39.5 Å². The van der Waals surface area contributed by atoms with Crippen molar-refractivity contribution >= 4 is 5.97 Å². The maximum Gasteiger partial charge on any atom is 0.335 e. The Hall–Kier alpha value is -1.35. The Balaban J connectivity index is 2.55. The number of nitrogens with two attached hydrogens (primary N) is 1. The van der Waals surface area contributed by atoms with Crippen LogP contribution >= 0.6 is 0 Å². The summed E-state index contributed by atoms with van der Waals surface area (Å²) in [6, 6.07) is 3.77. The standard InChI is InChI=1S/C11H13NO2/c1-6-4-9-7(2-3-10(9)12)5-8(6)11(13)14/h4-5,10H,2-3,12H2,1H3,(H,13,14)/t10-/m0/s1. The van der Waals surface area contributed by atoms with Gasteiger partial charge in [-0.2, -0.15) is 0 Å². The summed E-state index contributed by atoms with van der Waals surface area (Å²) in [5.74, 6) is -0.856. The Kier molecular flexibility index (Phi) is 2.04. The Morgan fingerprint density at radius 3 is 2.93 bits per heavy atom. The zero-order chi connectivity index (χ0) is 10.3. The van der Waals surface area contributed by atoms with Gasteiger partial charge in [0.05, 0.1) is 5.56 Å². The van der Waals surface area contributed by atoms with E-state index in [0.29, 0.717) is 5.56 Å². The number of carboxylic acid groups (broad SMARTS) is 1. The van der Waals surface area contributed by atoms with Crippen LogP contribution in [0.3, 0.4) is 0 Å². The van der Waals surface area contributed by atoms with Crippen molar-refractivity contribution in [3.63, 3.8) is 0 Å². The fourth-order valence-corrected chi connectivity index (χ4v) is 2.03. The minimum absolute atomic E-state index is 0.0894. The van der Waals surface area contributed by atoms with E-state index in [1.807, 2.05) is 13.0 Å². The van der Waals surface area contributed by atoms with Gasteiger partial charge >= 0.3 is 5.97 Å². The maximum atomic E-state index is 10.9. The van der Waals surface area contributed by atoms with E-state index in [0.717, 1.165) is 29.5 Å². The lowest BCUT2D eigenvalue weighted by atomic mass is 10.00. The van der Waals surface area contributed by atoms with Crippen molar-refractivity contribution < 1.29 is 9.90 Å². The molecule has 3 nitrogen and oxygen atoms in total. The average Bonchev–Trinajstić information content (AvgIpc) is 2.46. The van der Waals surface area contributed by atoms with E-state index in [1.54, 1.807) is 6.07 Å². The molecule has 0 heterocycles. The van der Waals surface area contributed by atoms with Crippen LogP contribution in [0.4, 0.5) is 0 Å². The third kappa shape index (κ3) is 1.30. The predicted molar refractivity (Wildman–Crippen MR) is 53.4 cm³/mol. The quantitative estimate of drug-likeness (QED) is 0.709. The molecule has 1 aliphatic rings. The van der Waals surface area contributed by atoms with Gasteiger partial charge in [0.2, 0.25) is 0 Å². The van der Waals surface area contributed by atoms with Gasteiger partial charge in [-0.15, -0.1) is 0 Å². The molecule has 0 aliphatic heterocycles. The molecular formula is C11H13NO2. The second-order valence-corrected chi connectivity index (χ2v) is 3.82. The number of aromatic carboxylic acids is 1. The summed E-state index contributed by atoms with van der Waals surface area (Å²) in [5, 5.41) is 8.93. The van der Waals surface area contributed by atoms with Gasteiger partial charge in [0.15, 0.2) is 0 Å².